The van der Waals surface area contributed by atoms with Gasteiger partial charge in [-0.15, -0.1) is 0 Å². The van der Waals surface area contributed by atoms with Crippen LogP contribution in [-0.2, 0) is 16.1 Å². The summed E-state index contributed by atoms with van der Waals surface area (Å²) >= 11 is 6.72. The predicted octanol–water partition coefficient (Wildman–Crippen LogP) is 5.99. The first-order valence-corrected chi connectivity index (χ1v) is 13.6. The Bertz CT molecular complexity index is 1320. The Labute approximate surface area is 226 Å². The maximum Gasteiger partial charge on any atom is 0.338 e. The van der Waals surface area contributed by atoms with Crippen LogP contribution >= 0.6 is 24.0 Å². The van der Waals surface area contributed by atoms with Crippen LogP contribution in [0.15, 0.2) is 76.1 Å². The highest BCUT2D eigenvalue weighted by molar-refractivity contribution is 8.26. The third-order valence-electron chi connectivity index (χ3n) is 6.69. The second-order valence-electron chi connectivity index (χ2n) is 9.26. The molecule has 2 aliphatic heterocycles. The molecule has 0 radical (unpaired) electrons. The Hall–Kier alpha value is -3.20. The summed E-state index contributed by atoms with van der Waals surface area (Å²) in [4.78, 5) is 29.9. The largest absolute Gasteiger partial charge is 0.460 e. The average molecular weight is 533 g/mol. The highest BCUT2D eigenvalue weighted by Crippen LogP contribution is 2.34. The molecule has 3 aromatic rings. The predicted molar refractivity (Wildman–Crippen MR) is 150 cm³/mol. The van der Waals surface area contributed by atoms with Crippen molar-refractivity contribution in [3.8, 4) is 11.3 Å². The third kappa shape index (κ3) is 6.04. The van der Waals surface area contributed by atoms with Gasteiger partial charge < -0.3 is 14.1 Å². The summed E-state index contributed by atoms with van der Waals surface area (Å²) in [6.45, 7) is 1.90. The van der Waals surface area contributed by atoms with Crippen LogP contribution < -0.4 is 0 Å². The van der Waals surface area contributed by atoms with Crippen molar-refractivity contribution in [3.05, 3.63) is 88.5 Å². The molecule has 2 fully saturated rings. The number of thiocarbonyl (C=S) groups is 1. The second-order valence-corrected chi connectivity index (χ2v) is 10.9. The Morgan fingerprint density at radius 3 is 2.65 bits per heavy atom. The fourth-order valence-electron chi connectivity index (χ4n) is 4.50. The molecule has 6 nitrogen and oxygen atoms in total. The summed E-state index contributed by atoms with van der Waals surface area (Å²) in [5.74, 6) is 0.771. The summed E-state index contributed by atoms with van der Waals surface area (Å²) in [5.41, 5.74) is 2.37. The zero-order chi connectivity index (χ0) is 25.8. The SMILES string of the molecule is CN1CCCCC1COC(=O)c1ccc(-c2ccc(/C=C3/SC(=S)N(Cc4ccccc4)C3=O)o2)cc1. The van der Waals surface area contributed by atoms with Gasteiger partial charge >= 0.3 is 5.97 Å². The van der Waals surface area contributed by atoms with Crippen molar-refractivity contribution < 1.29 is 18.7 Å². The van der Waals surface area contributed by atoms with Gasteiger partial charge in [0.25, 0.3) is 5.91 Å². The topological polar surface area (TPSA) is 63.0 Å². The van der Waals surface area contributed by atoms with Gasteiger partial charge in [0.2, 0.25) is 0 Å². The molecular weight excluding hydrogens is 504 g/mol. The number of hydrogen-bond acceptors (Lipinski definition) is 7. The summed E-state index contributed by atoms with van der Waals surface area (Å²) in [6, 6.07) is 20.9. The van der Waals surface area contributed by atoms with Crippen molar-refractivity contribution in [3.63, 3.8) is 0 Å². The van der Waals surface area contributed by atoms with Gasteiger partial charge in [0.05, 0.1) is 17.0 Å². The Morgan fingerprint density at radius 2 is 1.89 bits per heavy atom. The van der Waals surface area contributed by atoms with E-state index in [1.54, 1.807) is 23.1 Å². The summed E-state index contributed by atoms with van der Waals surface area (Å²) in [7, 11) is 2.08. The molecule has 2 saturated heterocycles. The zero-order valence-corrected chi connectivity index (χ0v) is 22.2. The third-order valence-corrected chi connectivity index (χ3v) is 8.07. The molecular formula is C29H28N2O4S2. The number of nitrogens with zero attached hydrogens (tertiary/aromatic N) is 2. The molecule has 3 heterocycles. The number of likely N-dealkylation sites (N-methyl/N-ethyl adjacent to an activating group) is 1. The van der Waals surface area contributed by atoms with E-state index < -0.39 is 0 Å². The van der Waals surface area contributed by atoms with Crippen molar-refractivity contribution in [2.24, 2.45) is 0 Å². The molecule has 5 rings (SSSR count). The lowest BCUT2D eigenvalue weighted by molar-refractivity contribution is -0.122. The molecule has 37 heavy (non-hydrogen) atoms. The number of hydrogen-bond donors (Lipinski definition) is 0. The molecule has 0 spiro atoms. The molecule has 1 aromatic heterocycles. The fourth-order valence-corrected chi connectivity index (χ4v) is 5.73. The van der Waals surface area contributed by atoms with E-state index in [1.165, 1.54) is 24.6 Å². The van der Waals surface area contributed by atoms with Crippen LogP contribution in [0.1, 0.15) is 40.9 Å². The van der Waals surface area contributed by atoms with Crippen LogP contribution in [0.4, 0.5) is 0 Å². The van der Waals surface area contributed by atoms with Crippen LogP contribution in [0, 0.1) is 0 Å². The van der Waals surface area contributed by atoms with E-state index in [0.29, 0.717) is 39.5 Å². The lowest BCUT2D eigenvalue weighted by atomic mass is 10.0. The van der Waals surface area contributed by atoms with E-state index in [0.717, 1.165) is 24.1 Å². The molecule has 2 aromatic carbocycles. The molecule has 190 valence electrons. The number of piperidine rings is 1. The monoisotopic (exact) mass is 532 g/mol. The number of thioether (sulfide) groups is 1. The van der Waals surface area contributed by atoms with Crippen LogP contribution in [0.5, 0.6) is 0 Å². The lowest BCUT2D eigenvalue weighted by Gasteiger charge is -2.31. The Balaban J connectivity index is 1.21. The van der Waals surface area contributed by atoms with Gasteiger partial charge in [-0.05, 0) is 56.3 Å². The maximum absolute atomic E-state index is 12.9. The highest BCUT2D eigenvalue weighted by Gasteiger charge is 2.32. The zero-order valence-electron chi connectivity index (χ0n) is 20.6. The number of amides is 1. The Kier molecular flexibility index (Phi) is 7.88. The minimum atomic E-state index is -0.316. The number of carbonyl (C=O) groups excluding carboxylic acids is 2. The van der Waals surface area contributed by atoms with E-state index in [2.05, 4.69) is 11.9 Å². The number of ether oxygens (including phenoxy) is 1. The Morgan fingerprint density at radius 1 is 1.11 bits per heavy atom. The van der Waals surface area contributed by atoms with Crippen LogP contribution in [-0.4, -0.2) is 52.2 Å². The number of benzene rings is 2. The first-order chi connectivity index (χ1) is 18.0. The highest BCUT2D eigenvalue weighted by atomic mass is 32.2. The molecule has 0 saturated carbocycles. The maximum atomic E-state index is 12.9. The van der Waals surface area contributed by atoms with Crippen LogP contribution in [0.3, 0.4) is 0 Å². The second kappa shape index (κ2) is 11.5. The average Bonchev–Trinajstić information content (AvgIpc) is 3.49. The smallest absolute Gasteiger partial charge is 0.338 e. The molecule has 0 aliphatic carbocycles. The van der Waals surface area contributed by atoms with Gasteiger partial charge in [0.1, 0.15) is 22.4 Å². The van der Waals surface area contributed by atoms with Crippen LogP contribution in [0.25, 0.3) is 17.4 Å². The molecule has 8 heteroatoms. The van der Waals surface area contributed by atoms with Crippen molar-refractivity contribution in [1.29, 1.82) is 0 Å². The van der Waals surface area contributed by atoms with Crippen LogP contribution in [0.2, 0.25) is 0 Å². The summed E-state index contributed by atoms with van der Waals surface area (Å²) in [5, 5.41) is 0. The van der Waals surface area contributed by atoms with Gasteiger partial charge in [-0.25, -0.2) is 4.79 Å². The molecule has 1 unspecified atom stereocenters. The normalized spacial score (nSPS) is 19.5. The van der Waals surface area contributed by atoms with E-state index >= 15 is 0 Å². The van der Waals surface area contributed by atoms with Crippen molar-refractivity contribution in [2.45, 2.75) is 31.8 Å². The van der Waals surface area contributed by atoms with Crippen molar-refractivity contribution in [1.82, 2.24) is 9.80 Å². The number of rotatable bonds is 7. The van der Waals surface area contributed by atoms with Crippen molar-refractivity contribution in [2.75, 3.05) is 20.2 Å². The quantitative estimate of drug-likeness (QED) is 0.210. The lowest BCUT2D eigenvalue weighted by Crippen LogP contribution is -2.39. The van der Waals surface area contributed by atoms with E-state index in [1.807, 2.05) is 54.6 Å². The minimum absolute atomic E-state index is 0.126. The summed E-state index contributed by atoms with van der Waals surface area (Å²) < 4.78 is 12.1. The number of carbonyl (C=O) groups is 2. The molecule has 0 N–H and O–H groups in total. The number of furan rings is 1. The first-order valence-electron chi connectivity index (χ1n) is 12.3. The molecule has 1 atom stereocenters. The van der Waals surface area contributed by atoms with E-state index in [-0.39, 0.29) is 17.9 Å². The number of likely N-dealkylation sites (tertiary alicyclic amines) is 1. The van der Waals surface area contributed by atoms with Gasteiger partial charge in [-0.1, -0.05) is 72.9 Å². The first kappa shape index (κ1) is 25.4. The fraction of sp³-hybridized carbons (Fsp3) is 0.276. The van der Waals surface area contributed by atoms with E-state index in [4.69, 9.17) is 21.4 Å². The molecule has 0 bridgehead atoms. The van der Waals surface area contributed by atoms with E-state index in [9.17, 15) is 9.59 Å². The van der Waals surface area contributed by atoms with Gasteiger partial charge in [0.15, 0.2) is 0 Å². The van der Waals surface area contributed by atoms with Crippen molar-refractivity contribution >= 4 is 46.3 Å². The summed E-state index contributed by atoms with van der Waals surface area (Å²) in [6.07, 6.45) is 5.15. The molecule has 1 amide bonds. The number of esters is 1. The minimum Gasteiger partial charge on any atom is -0.460 e. The molecule has 2 aliphatic rings. The van der Waals surface area contributed by atoms with Gasteiger partial charge in [0, 0.05) is 17.7 Å². The standard InChI is InChI=1S/C29H28N2O4S2/c1-30-16-6-5-9-23(30)19-34-28(33)22-12-10-21(11-13-22)25-15-14-24(35-25)17-26-27(32)31(29(36)37-26)18-20-7-3-2-4-8-20/h2-4,7-8,10-15,17,23H,5-6,9,16,18-19H2,1H3/b26-17+. The van der Waals surface area contributed by atoms with Gasteiger partial charge in [-0.3, -0.25) is 9.69 Å². The van der Waals surface area contributed by atoms with Gasteiger partial charge in [-0.2, -0.15) is 0 Å².